The molecule has 2 N–H and O–H groups in total. The molecule has 0 aliphatic heterocycles. The molecule has 53 heavy (non-hydrogen) atoms. The number of hydrogen-bond acceptors (Lipinski definition) is 3. The average Bonchev–Trinajstić information content (AvgIpc) is 3.17. The van der Waals surface area contributed by atoms with Crippen molar-refractivity contribution >= 4 is 23.7 Å². The van der Waals surface area contributed by atoms with E-state index in [0.717, 1.165) is 11.8 Å². The molecule has 7 heteroatoms. The molecule has 0 amide bonds. The smallest absolute Gasteiger partial charge is 0.336 e. The third-order valence-electron chi connectivity index (χ3n) is 10.3. The molecule has 0 bridgehead atoms. The minimum atomic E-state index is -1.03. The maximum absolute atomic E-state index is 11.1. The summed E-state index contributed by atoms with van der Waals surface area (Å²) in [6.45, 7) is 30.0. The van der Waals surface area contributed by atoms with E-state index in [-0.39, 0.29) is 11.1 Å². The van der Waals surface area contributed by atoms with Gasteiger partial charge in [0.2, 0.25) is 0 Å². The number of nitrogens with zero attached hydrogens (tertiary/aromatic N) is 2. The zero-order valence-corrected chi connectivity index (χ0v) is 36.4. The second-order valence-electron chi connectivity index (χ2n) is 15.0. The molecule has 0 aromatic heterocycles. The molecule has 2 rings (SSSR count). The number of carboxylic acid groups (broad SMARTS) is 2. The van der Waals surface area contributed by atoms with Gasteiger partial charge in [0.05, 0.1) is 63.5 Å². The van der Waals surface area contributed by atoms with E-state index in [4.69, 9.17) is 10.2 Å². The van der Waals surface area contributed by atoms with Crippen LogP contribution in [-0.4, -0.2) is 83.5 Å². The number of aromatic carboxylic acids is 2. The molecule has 0 fully saturated rings. The Balaban J connectivity index is 0.000000768. The Morgan fingerprint density at radius 2 is 0.623 bits per heavy atom. The average molecular weight is 759 g/mol. The third-order valence-corrected chi connectivity index (χ3v) is 11.5. The van der Waals surface area contributed by atoms with Crippen LogP contribution in [0.4, 0.5) is 0 Å². The fourth-order valence-electron chi connectivity index (χ4n) is 6.87. The van der Waals surface area contributed by atoms with Crippen molar-refractivity contribution in [1.82, 2.24) is 0 Å². The van der Waals surface area contributed by atoms with Gasteiger partial charge in [0, 0.05) is 9.79 Å². The van der Waals surface area contributed by atoms with Gasteiger partial charge < -0.3 is 19.2 Å². The Morgan fingerprint density at radius 3 is 0.811 bits per heavy atom. The fraction of sp³-hybridized carbons (Fsp3) is 0.696. The number of rotatable bonds is 28. The van der Waals surface area contributed by atoms with E-state index < -0.39 is 11.9 Å². The molecule has 0 aliphatic carbocycles. The van der Waals surface area contributed by atoms with Crippen molar-refractivity contribution < 1.29 is 28.8 Å². The summed E-state index contributed by atoms with van der Waals surface area (Å²) in [7, 11) is 0. The van der Waals surface area contributed by atoms with Gasteiger partial charge in [0.1, 0.15) is 0 Å². The van der Waals surface area contributed by atoms with Crippen LogP contribution in [0.2, 0.25) is 0 Å². The number of unbranched alkanes of at least 4 members (excludes halogenated alkanes) is 8. The second-order valence-corrected chi connectivity index (χ2v) is 16.1. The molecule has 6 nitrogen and oxygen atoms in total. The van der Waals surface area contributed by atoms with Gasteiger partial charge in [0.15, 0.2) is 0 Å². The first-order chi connectivity index (χ1) is 25.6. The summed E-state index contributed by atoms with van der Waals surface area (Å²) in [5.74, 6) is -2.06. The molecule has 0 spiro atoms. The summed E-state index contributed by atoms with van der Waals surface area (Å²) in [5.41, 5.74) is 0.320. The molecule has 0 radical (unpaired) electrons. The van der Waals surface area contributed by atoms with E-state index in [1.807, 2.05) is 0 Å². The largest absolute Gasteiger partial charge is 0.478 e. The maximum Gasteiger partial charge on any atom is 0.336 e. The van der Waals surface area contributed by atoms with Gasteiger partial charge in [-0.1, -0.05) is 143 Å². The third kappa shape index (κ3) is 22.0. The molecular weight excluding hydrogens is 677 g/mol. The van der Waals surface area contributed by atoms with Gasteiger partial charge in [0.25, 0.3) is 0 Å². The summed E-state index contributed by atoms with van der Waals surface area (Å²) < 4.78 is 2.84. The summed E-state index contributed by atoms with van der Waals surface area (Å²) >= 11 is 1.14. The lowest BCUT2D eigenvalue weighted by Gasteiger charge is -2.39. The Hall–Kier alpha value is -2.35. The van der Waals surface area contributed by atoms with E-state index in [1.165, 1.54) is 176 Å². The first-order valence-corrected chi connectivity index (χ1v) is 22.4. The van der Waals surface area contributed by atoms with Crippen LogP contribution < -0.4 is 0 Å². The molecule has 2 aromatic rings. The monoisotopic (exact) mass is 759 g/mol. The lowest BCUT2D eigenvalue weighted by Crippen LogP contribution is -2.50. The summed E-state index contributed by atoms with van der Waals surface area (Å²) in [4.78, 5) is 23.2. The lowest BCUT2D eigenvalue weighted by atomic mass is 10.1. The summed E-state index contributed by atoms with van der Waals surface area (Å²) in [5, 5.41) is 18.2. The normalized spacial score (nSPS) is 11.3. The van der Waals surface area contributed by atoms with Gasteiger partial charge in [-0.05, 0) is 75.6 Å². The van der Waals surface area contributed by atoms with Crippen LogP contribution in [0.15, 0.2) is 58.3 Å². The molecule has 0 saturated heterocycles. The van der Waals surface area contributed by atoms with Crippen LogP contribution in [0.25, 0.3) is 0 Å². The van der Waals surface area contributed by atoms with Crippen LogP contribution in [0.3, 0.4) is 0 Å². The number of carbonyl (C=O) groups is 2. The summed E-state index contributed by atoms with van der Waals surface area (Å²) in [6.07, 6.45) is 22.1. The highest BCUT2D eigenvalue weighted by molar-refractivity contribution is 7.99. The standard InChI is InChI=1S/2C16H36N.C14H10O4S/c2*1-5-9-13-17(14-10-6-2,15-11-7-3)16-12-8-4;15-13(16)9-5-1-3-7-11(9)19-12-8-4-2-6-10(12)14(17)18/h2*5-16H2,1-4H3;1-8H,(H,15,16)(H,17,18)/q2*+1;. The van der Waals surface area contributed by atoms with Crippen molar-refractivity contribution in [1.29, 1.82) is 0 Å². The van der Waals surface area contributed by atoms with Crippen LogP contribution in [0.1, 0.15) is 179 Å². The van der Waals surface area contributed by atoms with Crippen molar-refractivity contribution in [2.45, 2.75) is 168 Å². The minimum absolute atomic E-state index is 0.160. The van der Waals surface area contributed by atoms with E-state index >= 15 is 0 Å². The van der Waals surface area contributed by atoms with Crippen LogP contribution in [-0.2, 0) is 0 Å². The highest BCUT2D eigenvalue weighted by Gasteiger charge is 2.26. The van der Waals surface area contributed by atoms with Crippen molar-refractivity contribution in [3.05, 3.63) is 59.7 Å². The van der Waals surface area contributed by atoms with Crippen molar-refractivity contribution in [3.63, 3.8) is 0 Å². The van der Waals surface area contributed by atoms with E-state index in [9.17, 15) is 9.59 Å². The van der Waals surface area contributed by atoms with Gasteiger partial charge in [-0.2, -0.15) is 0 Å². The first-order valence-electron chi connectivity index (χ1n) is 21.6. The number of quaternary nitrogens is 2. The molecule has 0 heterocycles. The molecule has 2 aromatic carbocycles. The Bertz CT molecular complexity index is 1040. The first kappa shape index (κ1) is 50.6. The van der Waals surface area contributed by atoms with E-state index in [1.54, 1.807) is 36.4 Å². The van der Waals surface area contributed by atoms with E-state index in [2.05, 4.69) is 55.4 Å². The predicted molar refractivity (Wildman–Crippen MR) is 230 cm³/mol. The van der Waals surface area contributed by atoms with Gasteiger partial charge in [-0.15, -0.1) is 0 Å². The quantitative estimate of drug-likeness (QED) is 0.0845. The van der Waals surface area contributed by atoms with Crippen molar-refractivity contribution in [2.75, 3.05) is 52.4 Å². The number of carboxylic acids is 2. The highest BCUT2D eigenvalue weighted by atomic mass is 32.2. The van der Waals surface area contributed by atoms with Gasteiger partial charge >= 0.3 is 11.9 Å². The van der Waals surface area contributed by atoms with Crippen LogP contribution in [0.5, 0.6) is 0 Å². The SMILES string of the molecule is CCCC[N+](CCCC)(CCCC)CCCC.CCCC[N+](CCCC)(CCCC)CCCC.O=C(O)c1ccccc1Sc1ccccc1C(=O)O. The molecule has 0 aliphatic rings. The molecule has 0 atom stereocenters. The van der Waals surface area contributed by atoms with Crippen LogP contribution in [0, 0.1) is 0 Å². The fourth-order valence-corrected chi connectivity index (χ4v) is 7.93. The maximum atomic E-state index is 11.1. The van der Waals surface area contributed by atoms with Crippen molar-refractivity contribution in [2.24, 2.45) is 0 Å². The van der Waals surface area contributed by atoms with Gasteiger partial charge in [-0.3, -0.25) is 0 Å². The minimum Gasteiger partial charge on any atom is -0.478 e. The molecule has 0 unspecified atom stereocenters. The Morgan fingerprint density at radius 1 is 0.415 bits per heavy atom. The van der Waals surface area contributed by atoms with E-state index in [0.29, 0.717) is 9.79 Å². The topological polar surface area (TPSA) is 74.6 Å². The lowest BCUT2D eigenvalue weighted by molar-refractivity contribution is -0.929. The second kappa shape index (κ2) is 31.9. The molecular formula is C46H82N2O4S+2. The zero-order chi connectivity index (χ0) is 39.8. The number of hydrogen-bond donors (Lipinski definition) is 2. The van der Waals surface area contributed by atoms with Crippen molar-refractivity contribution in [3.8, 4) is 0 Å². The zero-order valence-electron chi connectivity index (χ0n) is 35.6. The highest BCUT2D eigenvalue weighted by Crippen LogP contribution is 2.33. The Kier molecular flexibility index (Phi) is 30.5. The molecule has 304 valence electrons. The summed E-state index contributed by atoms with van der Waals surface area (Å²) in [6, 6.07) is 13.0. The molecule has 0 saturated carbocycles. The van der Waals surface area contributed by atoms with Gasteiger partial charge in [-0.25, -0.2) is 9.59 Å². The predicted octanol–water partition coefficient (Wildman–Crippen LogP) is 13.2. The Labute approximate surface area is 331 Å². The van der Waals surface area contributed by atoms with Crippen LogP contribution >= 0.6 is 11.8 Å². The number of benzene rings is 2.